The smallest absolute Gasteiger partial charge is 0.308 e. The number of nitrogens with one attached hydrogen (secondary N) is 1. The van der Waals surface area contributed by atoms with E-state index in [1.807, 2.05) is 26.0 Å². The minimum atomic E-state index is -0.931. The van der Waals surface area contributed by atoms with E-state index >= 15 is 0 Å². The first kappa shape index (κ1) is 19.8. The zero-order chi connectivity index (χ0) is 18.3. The van der Waals surface area contributed by atoms with Crippen LogP contribution in [0.3, 0.4) is 0 Å². The van der Waals surface area contributed by atoms with Gasteiger partial charge in [-0.1, -0.05) is 26.8 Å². The van der Waals surface area contributed by atoms with Crippen molar-refractivity contribution >= 4 is 11.9 Å². The maximum Gasteiger partial charge on any atom is 0.308 e. The maximum atomic E-state index is 12.8. The number of carbonyl (C=O) groups excluding carboxylic acids is 1. The van der Waals surface area contributed by atoms with Gasteiger partial charge in [-0.3, -0.25) is 9.59 Å². The fraction of sp³-hybridized carbons (Fsp3) is 0.556. The molecular formula is C18H27NO5. The second-order valence-corrected chi connectivity index (χ2v) is 5.81. The van der Waals surface area contributed by atoms with Gasteiger partial charge in [-0.15, -0.1) is 0 Å². The molecule has 1 unspecified atom stereocenters. The molecule has 0 aliphatic heterocycles. The lowest BCUT2D eigenvalue weighted by Gasteiger charge is -2.31. The van der Waals surface area contributed by atoms with Crippen molar-refractivity contribution in [2.45, 2.75) is 39.0 Å². The number of ether oxygens (including phenoxy) is 2. The first-order valence-electron chi connectivity index (χ1n) is 8.09. The summed E-state index contributed by atoms with van der Waals surface area (Å²) in [5.74, 6) is -0.575. The molecule has 1 amide bonds. The number of amides is 1. The molecular weight excluding hydrogens is 310 g/mol. The largest absolute Gasteiger partial charge is 0.493 e. The summed E-state index contributed by atoms with van der Waals surface area (Å²) in [4.78, 5) is 23.8. The van der Waals surface area contributed by atoms with E-state index in [0.29, 0.717) is 24.3 Å². The van der Waals surface area contributed by atoms with Crippen molar-refractivity contribution in [3.05, 3.63) is 23.8 Å². The van der Waals surface area contributed by atoms with E-state index in [4.69, 9.17) is 14.6 Å². The van der Waals surface area contributed by atoms with Gasteiger partial charge in [0.2, 0.25) is 5.91 Å². The zero-order valence-corrected chi connectivity index (χ0v) is 15.0. The van der Waals surface area contributed by atoms with Gasteiger partial charge < -0.3 is 19.9 Å². The van der Waals surface area contributed by atoms with E-state index in [-0.39, 0.29) is 12.5 Å². The number of hydrogen-bond donors (Lipinski definition) is 2. The molecule has 2 N–H and O–H groups in total. The van der Waals surface area contributed by atoms with E-state index in [0.717, 1.165) is 5.56 Å². The molecule has 0 radical (unpaired) electrons. The average molecular weight is 337 g/mol. The highest BCUT2D eigenvalue weighted by atomic mass is 16.5. The van der Waals surface area contributed by atoms with E-state index in [9.17, 15) is 9.59 Å². The summed E-state index contributed by atoms with van der Waals surface area (Å²) in [7, 11) is 3.11. The monoisotopic (exact) mass is 337 g/mol. The Morgan fingerprint density at radius 1 is 1.17 bits per heavy atom. The first-order chi connectivity index (χ1) is 11.4. The highest BCUT2D eigenvalue weighted by Gasteiger charge is 2.37. The molecule has 6 nitrogen and oxygen atoms in total. The van der Waals surface area contributed by atoms with Crippen molar-refractivity contribution in [2.75, 3.05) is 20.8 Å². The summed E-state index contributed by atoms with van der Waals surface area (Å²) in [5.41, 5.74) is 0.0863. The third-order valence-corrected chi connectivity index (χ3v) is 4.57. The van der Waals surface area contributed by atoms with Crippen molar-refractivity contribution in [1.82, 2.24) is 5.32 Å². The third-order valence-electron chi connectivity index (χ3n) is 4.57. The van der Waals surface area contributed by atoms with Crippen molar-refractivity contribution in [2.24, 2.45) is 5.92 Å². The third kappa shape index (κ3) is 3.99. The lowest BCUT2D eigenvalue weighted by Crippen LogP contribution is -2.45. The Bertz CT molecular complexity index is 581. The van der Waals surface area contributed by atoms with E-state index in [2.05, 4.69) is 5.32 Å². The van der Waals surface area contributed by atoms with Gasteiger partial charge in [-0.25, -0.2) is 0 Å². The SMILES string of the molecule is CCC(CC)(C(=O)NCC(C)C(=O)O)c1ccc(OC)c(OC)c1. The molecule has 1 aromatic rings. The zero-order valence-electron chi connectivity index (χ0n) is 15.0. The summed E-state index contributed by atoms with van der Waals surface area (Å²) < 4.78 is 10.6. The Morgan fingerprint density at radius 3 is 2.21 bits per heavy atom. The lowest BCUT2D eigenvalue weighted by molar-refractivity contribution is -0.141. The summed E-state index contributed by atoms with van der Waals surface area (Å²) in [5, 5.41) is 11.8. The van der Waals surface area contributed by atoms with Crippen molar-refractivity contribution in [3.63, 3.8) is 0 Å². The molecule has 1 atom stereocenters. The predicted molar refractivity (Wildman–Crippen MR) is 91.6 cm³/mol. The van der Waals surface area contributed by atoms with Gasteiger partial charge in [0.15, 0.2) is 11.5 Å². The number of carboxylic acid groups (broad SMARTS) is 1. The second kappa shape index (κ2) is 8.57. The maximum absolute atomic E-state index is 12.8. The van der Waals surface area contributed by atoms with Crippen LogP contribution in [0.1, 0.15) is 39.2 Å². The Balaban J connectivity index is 3.15. The summed E-state index contributed by atoms with van der Waals surface area (Å²) in [6.07, 6.45) is 1.18. The topological polar surface area (TPSA) is 84.9 Å². The predicted octanol–water partition coefficient (Wildman–Crippen LogP) is 2.60. The summed E-state index contributed by atoms with van der Waals surface area (Å²) >= 11 is 0. The van der Waals surface area contributed by atoms with E-state index in [1.165, 1.54) is 0 Å². The van der Waals surface area contributed by atoms with Gasteiger partial charge in [-0.05, 0) is 30.5 Å². The van der Waals surface area contributed by atoms with Crippen LogP contribution in [0.2, 0.25) is 0 Å². The Labute approximate surface area is 143 Å². The van der Waals surface area contributed by atoms with Gasteiger partial charge in [-0.2, -0.15) is 0 Å². The summed E-state index contributed by atoms with van der Waals surface area (Å²) in [6, 6.07) is 5.45. The van der Waals surface area contributed by atoms with Crippen LogP contribution in [-0.2, 0) is 15.0 Å². The van der Waals surface area contributed by atoms with E-state index < -0.39 is 17.3 Å². The molecule has 6 heteroatoms. The van der Waals surface area contributed by atoms with Crippen LogP contribution in [0.15, 0.2) is 18.2 Å². The minimum absolute atomic E-state index is 0.100. The molecule has 0 fully saturated rings. The number of carboxylic acids is 1. The molecule has 0 aromatic heterocycles. The molecule has 1 rings (SSSR count). The standard InChI is InChI=1S/C18H27NO5/c1-6-18(7-2,17(22)19-11-12(3)16(20)21)13-8-9-14(23-4)15(10-13)24-5/h8-10,12H,6-7,11H2,1-5H3,(H,19,22)(H,20,21). The molecule has 0 saturated carbocycles. The van der Waals surface area contributed by atoms with Crippen LogP contribution in [0, 0.1) is 5.92 Å². The molecule has 0 aliphatic rings. The van der Waals surface area contributed by atoms with Crippen LogP contribution >= 0.6 is 0 Å². The van der Waals surface area contributed by atoms with Gasteiger partial charge >= 0.3 is 5.97 Å². The summed E-state index contributed by atoms with van der Waals surface area (Å²) in [6.45, 7) is 5.56. The fourth-order valence-electron chi connectivity index (χ4n) is 2.75. The normalized spacial score (nSPS) is 12.4. The second-order valence-electron chi connectivity index (χ2n) is 5.81. The van der Waals surface area contributed by atoms with Crippen LogP contribution in [-0.4, -0.2) is 37.7 Å². The van der Waals surface area contributed by atoms with Crippen molar-refractivity contribution in [1.29, 1.82) is 0 Å². The highest BCUT2D eigenvalue weighted by molar-refractivity contribution is 5.88. The molecule has 0 bridgehead atoms. The van der Waals surface area contributed by atoms with Crippen LogP contribution < -0.4 is 14.8 Å². The highest BCUT2D eigenvalue weighted by Crippen LogP contribution is 2.37. The van der Waals surface area contributed by atoms with Gasteiger partial charge in [0.1, 0.15) is 0 Å². The Kier molecular flexibility index (Phi) is 7.07. The number of hydrogen-bond acceptors (Lipinski definition) is 4. The van der Waals surface area contributed by atoms with Gasteiger partial charge in [0.25, 0.3) is 0 Å². The lowest BCUT2D eigenvalue weighted by atomic mass is 9.74. The quantitative estimate of drug-likeness (QED) is 0.723. The molecule has 0 aliphatic carbocycles. The molecule has 0 heterocycles. The minimum Gasteiger partial charge on any atom is -0.493 e. The number of rotatable bonds is 9. The van der Waals surface area contributed by atoms with Crippen LogP contribution in [0.25, 0.3) is 0 Å². The number of benzene rings is 1. The van der Waals surface area contributed by atoms with Crippen molar-refractivity contribution < 1.29 is 24.2 Å². The van der Waals surface area contributed by atoms with E-state index in [1.54, 1.807) is 27.2 Å². The van der Waals surface area contributed by atoms with Crippen molar-refractivity contribution in [3.8, 4) is 11.5 Å². The van der Waals surface area contributed by atoms with Gasteiger partial charge in [0.05, 0.1) is 25.6 Å². The number of carbonyl (C=O) groups is 2. The molecule has 134 valence electrons. The number of aliphatic carboxylic acids is 1. The molecule has 0 saturated heterocycles. The van der Waals surface area contributed by atoms with Crippen LogP contribution in [0.4, 0.5) is 0 Å². The Morgan fingerprint density at radius 2 is 1.75 bits per heavy atom. The molecule has 1 aromatic carbocycles. The fourth-order valence-corrected chi connectivity index (χ4v) is 2.75. The molecule has 0 spiro atoms. The first-order valence-corrected chi connectivity index (χ1v) is 8.09. The Hall–Kier alpha value is -2.24. The van der Waals surface area contributed by atoms with Crippen LogP contribution in [0.5, 0.6) is 11.5 Å². The average Bonchev–Trinajstić information content (AvgIpc) is 2.60. The van der Waals surface area contributed by atoms with Gasteiger partial charge in [0, 0.05) is 6.54 Å². The number of methoxy groups -OCH3 is 2. The molecule has 24 heavy (non-hydrogen) atoms.